The number of nitrogens with zero attached hydrogens (tertiary/aromatic N) is 2. The molecule has 0 aliphatic heterocycles. The van der Waals surface area contributed by atoms with E-state index in [0.717, 1.165) is 37.5 Å². The van der Waals surface area contributed by atoms with E-state index in [1.165, 1.54) is 7.11 Å². The molecular formula is C29H20BrCl2N3O3. The van der Waals surface area contributed by atoms with E-state index in [4.69, 9.17) is 32.9 Å². The molecule has 0 aliphatic carbocycles. The standard InChI is InChI=1S/C29H20BrCl2N3O3/c1-38-29(37)23(35-28(36)24-21(31)9-4-10-22(24)32)14-16-11-12-20(19-8-5-13-33-26(16)19)27-25(30)18-7-3-2-6-17(18)15-34-27/h2-13,15,23H,14H2,1H3,(H,35,36)/t23-/m0/s1. The second-order valence-electron chi connectivity index (χ2n) is 8.53. The zero-order valence-electron chi connectivity index (χ0n) is 20.0. The summed E-state index contributed by atoms with van der Waals surface area (Å²) in [5.74, 6) is -1.18. The third-order valence-electron chi connectivity index (χ3n) is 6.25. The molecule has 0 aliphatic rings. The normalized spacial score (nSPS) is 11.9. The number of aromatic nitrogens is 2. The Balaban J connectivity index is 1.54. The van der Waals surface area contributed by atoms with Crippen molar-refractivity contribution in [1.29, 1.82) is 0 Å². The van der Waals surface area contributed by atoms with Crippen molar-refractivity contribution in [3.05, 3.63) is 105 Å². The van der Waals surface area contributed by atoms with Crippen LogP contribution in [0.15, 0.2) is 83.6 Å². The van der Waals surface area contributed by atoms with E-state index >= 15 is 0 Å². The first-order valence-corrected chi connectivity index (χ1v) is 13.2. The monoisotopic (exact) mass is 607 g/mol. The Bertz CT molecular complexity index is 1690. The van der Waals surface area contributed by atoms with Crippen LogP contribution < -0.4 is 5.32 Å². The van der Waals surface area contributed by atoms with Gasteiger partial charge in [0.2, 0.25) is 0 Å². The molecule has 0 spiro atoms. The first-order valence-electron chi connectivity index (χ1n) is 11.6. The average Bonchev–Trinajstić information content (AvgIpc) is 2.93. The van der Waals surface area contributed by atoms with E-state index in [1.54, 1.807) is 24.4 Å². The lowest BCUT2D eigenvalue weighted by molar-refractivity contribution is -0.142. The number of fused-ring (bicyclic) bond motifs is 2. The van der Waals surface area contributed by atoms with Gasteiger partial charge in [0.15, 0.2) is 0 Å². The highest BCUT2D eigenvalue weighted by Crippen LogP contribution is 2.37. The number of methoxy groups -OCH3 is 1. The molecule has 0 radical (unpaired) electrons. The topological polar surface area (TPSA) is 81.2 Å². The third-order valence-corrected chi connectivity index (χ3v) is 7.68. The van der Waals surface area contributed by atoms with Gasteiger partial charge in [0.05, 0.1) is 38.4 Å². The van der Waals surface area contributed by atoms with E-state index < -0.39 is 17.9 Å². The molecule has 0 unspecified atom stereocenters. The molecule has 2 heterocycles. The lowest BCUT2D eigenvalue weighted by atomic mass is 9.96. The van der Waals surface area contributed by atoms with E-state index in [9.17, 15) is 9.59 Å². The molecule has 0 saturated carbocycles. The van der Waals surface area contributed by atoms with Crippen LogP contribution in [0.2, 0.25) is 10.0 Å². The van der Waals surface area contributed by atoms with Gasteiger partial charge in [-0.1, -0.05) is 71.7 Å². The summed E-state index contributed by atoms with van der Waals surface area (Å²) in [6.45, 7) is 0. The maximum atomic E-state index is 13.0. The molecule has 5 aromatic rings. The molecule has 3 aromatic carbocycles. The quantitative estimate of drug-likeness (QED) is 0.209. The molecule has 2 aromatic heterocycles. The molecule has 5 rings (SSSR count). The number of carbonyl (C=O) groups excluding carboxylic acids is 2. The summed E-state index contributed by atoms with van der Waals surface area (Å²) in [6, 6.07) is 19.4. The molecule has 190 valence electrons. The van der Waals surface area contributed by atoms with Gasteiger partial charge in [-0.3, -0.25) is 14.8 Å². The molecule has 38 heavy (non-hydrogen) atoms. The summed E-state index contributed by atoms with van der Waals surface area (Å²) >= 11 is 16.1. The zero-order valence-corrected chi connectivity index (χ0v) is 23.1. The van der Waals surface area contributed by atoms with Gasteiger partial charge in [-0.25, -0.2) is 4.79 Å². The number of amides is 1. The minimum atomic E-state index is -0.999. The third kappa shape index (κ3) is 4.97. The van der Waals surface area contributed by atoms with Crippen LogP contribution in [0.4, 0.5) is 0 Å². The number of ether oxygens (including phenoxy) is 1. The summed E-state index contributed by atoms with van der Waals surface area (Å²) in [7, 11) is 1.27. The van der Waals surface area contributed by atoms with Crippen LogP contribution in [0.5, 0.6) is 0 Å². The van der Waals surface area contributed by atoms with Gasteiger partial charge in [0.1, 0.15) is 6.04 Å². The maximum absolute atomic E-state index is 13.0. The molecule has 1 N–H and O–H groups in total. The highest BCUT2D eigenvalue weighted by molar-refractivity contribution is 9.10. The Kier molecular flexibility index (Phi) is 7.61. The first kappa shape index (κ1) is 26.1. The van der Waals surface area contributed by atoms with Crippen LogP contribution >= 0.6 is 39.1 Å². The number of rotatable bonds is 6. The second-order valence-corrected chi connectivity index (χ2v) is 10.1. The van der Waals surface area contributed by atoms with E-state index in [2.05, 4.69) is 26.2 Å². The molecular weight excluding hydrogens is 589 g/mol. The van der Waals surface area contributed by atoms with Crippen LogP contribution in [-0.2, 0) is 16.0 Å². The average molecular weight is 609 g/mol. The van der Waals surface area contributed by atoms with Crippen molar-refractivity contribution in [3.63, 3.8) is 0 Å². The molecule has 1 amide bonds. The molecule has 0 bridgehead atoms. The summed E-state index contributed by atoms with van der Waals surface area (Å²) in [4.78, 5) is 35.1. The minimum absolute atomic E-state index is 0.0929. The zero-order chi connectivity index (χ0) is 26.8. The van der Waals surface area contributed by atoms with Crippen molar-refractivity contribution in [2.24, 2.45) is 0 Å². The Hall–Kier alpha value is -3.52. The number of halogens is 3. The van der Waals surface area contributed by atoms with Crippen LogP contribution in [0.3, 0.4) is 0 Å². The van der Waals surface area contributed by atoms with Gasteiger partial charge < -0.3 is 10.1 Å². The number of benzene rings is 3. The van der Waals surface area contributed by atoms with Crippen LogP contribution in [0, 0.1) is 0 Å². The number of hydrogen-bond donors (Lipinski definition) is 1. The number of carbonyl (C=O) groups is 2. The fourth-order valence-corrected chi connectivity index (χ4v) is 5.66. The number of pyridine rings is 2. The van der Waals surface area contributed by atoms with E-state index in [1.807, 2.05) is 54.7 Å². The Morgan fingerprint density at radius 2 is 1.68 bits per heavy atom. The van der Waals surface area contributed by atoms with E-state index in [0.29, 0.717) is 5.52 Å². The number of hydrogen-bond acceptors (Lipinski definition) is 5. The molecule has 0 saturated heterocycles. The van der Waals surface area contributed by atoms with Crippen LogP contribution in [-0.4, -0.2) is 35.0 Å². The largest absolute Gasteiger partial charge is 0.467 e. The van der Waals surface area contributed by atoms with Gasteiger partial charge in [0, 0.05) is 35.2 Å². The van der Waals surface area contributed by atoms with Gasteiger partial charge in [-0.15, -0.1) is 0 Å². The van der Waals surface area contributed by atoms with Crippen molar-refractivity contribution >= 4 is 72.7 Å². The van der Waals surface area contributed by atoms with Gasteiger partial charge in [-0.2, -0.15) is 0 Å². The predicted molar refractivity (Wildman–Crippen MR) is 154 cm³/mol. The highest BCUT2D eigenvalue weighted by atomic mass is 79.9. The van der Waals surface area contributed by atoms with Crippen molar-refractivity contribution in [2.45, 2.75) is 12.5 Å². The van der Waals surface area contributed by atoms with Gasteiger partial charge in [0.25, 0.3) is 5.91 Å². The number of nitrogens with one attached hydrogen (secondary N) is 1. The Morgan fingerprint density at radius 3 is 2.45 bits per heavy atom. The molecule has 6 nitrogen and oxygen atoms in total. The molecule has 1 atom stereocenters. The fourth-order valence-electron chi connectivity index (χ4n) is 4.42. The van der Waals surface area contributed by atoms with Crippen LogP contribution in [0.1, 0.15) is 15.9 Å². The van der Waals surface area contributed by atoms with Crippen molar-refractivity contribution in [2.75, 3.05) is 7.11 Å². The maximum Gasteiger partial charge on any atom is 0.328 e. The van der Waals surface area contributed by atoms with E-state index in [-0.39, 0.29) is 22.0 Å². The number of esters is 1. The summed E-state index contributed by atoms with van der Waals surface area (Å²) in [5.41, 5.74) is 3.19. The Labute approximate surface area is 237 Å². The Morgan fingerprint density at radius 1 is 0.947 bits per heavy atom. The molecule has 0 fully saturated rings. The SMILES string of the molecule is COC(=O)[C@H](Cc1ccc(-c2ncc3ccccc3c2Br)c2cccnc12)NC(=O)c1c(Cl)cccc1Cl. The summed E-state index contributed by atoms with van der Waals surface area (Å²) in [5, 5.41) is 6.02. The lowest BCUT2D eigenvalue weighted by Gasteiger charge is -2.19. The van der Waals surface area contributed by atoms with Crippen LogP contribution in [0.25, 0.3) is 32.9 Å². The minimum Gasteiger partial charge on any atom is -0.467 e. The van der Waals surface area contributed by atoms with Gasteiger partial charge in [-0.05, 0) is 45.1 Å². The predicted octanol–water partition coefficient (Wildman–Crippen LogP) is 7.03. The fraction of sp³-hybridized carbons (Fsp3) is 0.103. The lowest BCUT2D eigenvalue weighted by Crippen LogP contribution is -2.43. The highest BCUT2D eigenvalue weighted by Gasteiger charge is 2.26. The molecule has 9 heteroatoms. The van der Waals surface area contributed by atoms with Crippen molar-refractivity contribution in [3.8, 4) is 11.3 Å². The summed E-state index contributed by atoms with van der Waals surface area (Å²) in [6.07, 6.45) is 3.67. The van der Waals surface area contributed by atoms with Gasteiger partial charge >= 0.3 is 5.97 Å². The van der Waals surface area contributed by atoms with Crippen molar-refractivity contribution < 1.29 is 14.3 Å². The first-order chi connectivity index (χ1) is 18.4. The second kappa shape index (κ2) is 11.1. The smallest absolute Gasteiger partial charge is 0.328 e. The van der Waals surface area contributed by atoms with Crippen molar-refractivity contribution in [1.82, 2.24) is 15.3 Å². The summed E-state index contributed by atoms with van der Waals surface area (Å²) < 4.78 is 5.87.